The third-order valence-corrected chi connectivity index (χ3v) is 6.86. The zero-order valence-corrected chi connectivity index (χ0v) is 20.6. The number of carbonyl (C=O) groups is 2. The van der Waals surface area contributed by atoms with Crippen molar-refractivity contribution in [2.24, 2.45) is 5.92 Å². The second kappa shape index (κ2) is 11.4. The summed E-state index contributed by atoms with van der Waals surface area (Å²) >= 11 is 0. The largest absolute Gasteiger partial charge is 0.449 e. The number of aromatic nitrogens is 4. The second-order valence-electron chi connectivity index (χ2n) is 9.39. The minimum absolute atomic E-state index is 0.250. The quantitative estimate of drug-likeness (QED) is 0.403. The molecule has 37 heavy (non-hydrogen) atoms. The molecule has 2 unspecified atom stereocenters. The molecule has 0 radical (unpaired) electrons. The summed E-state index contributed by atoms with van der Waals surface area (Å²) in [5, 5.41) is 0. The number of imidazole rings is 1. The van der Waals surface area contributed by atoms with Crippen LogP contribution in [0.25, 0.3) is 11.2 Å². The maximum Gasteiger partial charge on any atom is 0.409 e. The van der Waals surface area contributed by atoms with Crippen molar-refractivity contribution in [3.8, 4) is 11.8 Å². The van der Waals surface area contributed by atoms with E-state index in [-0.39, 0.29) is 18.1 Å². The molecule has 2 saturated heterocycles. The first-order valence-electron chi connectivity index (χ1n) is 12.7. The number of rotatable bonds is 6. The van der Waals surface area contributed by atoms with Crippen molar-refractivity contribution in [2.75, 3.05) is 25.4 Å². The minimum atomic E-state index is -0.413. The summed E-state index contributed by atoms with van der Waals surface area (Å²) in [6, 6.07) is 9.99. The van der Waals surface area contributed by atoms with Crippen LogP contribution in [0, 0.1) is 17.8 Å². The molecule has 2 atom stereocenters. The lowest BCUT2D eigenvalue weighted by Crippen LogP contribution is -2.39. The first kappa shape index (κ1) is 24.7. The molecule has 0 spiro atoms. The van der Waals surface area contributed by atoms with E-state index in [1.165, 1.54) is 0 Å². The summed E-state index contributed by atoms with van der Waals surface area (Å²) in [7, 11) is 0. The lowest BCUT2D eigenvalue weighted by Gasteiger charge is -2.30. The van der Waals surface area contributed by atoms with Gasteiger partial charge in [-0.15, -0.1) is 0 Å². The highest BCUT2D eigenvalue weighted by molar-refractivity contribution is 5.82. The van der Waals surface area contributed by atoms with E-state index in [1.54, 1.807) is 15.8 Å². The van der Waals surface area contributed by atoms with E-state index < -0.39 is 6.10 Å². The molecule has 5 rings (SSSR count). The van der Waals surface area contributed by atoms with Gasteiger partial charge < -0.3 is 24.9 Å². The SMILES string of the molecule is Nc1nc(C#CCC2CCN(C(=O)OCCc3ccccc3)CC2)nc2c1ncn2C1CCC(C=O)O1. The number of hydrogen-bond donors (Lipinski definition) is 1. The van der Waals surface area contributed by atoms with Crippen molar-refractivity contribution < 1.29 is 19.1 Å². The maximum absolute atomic E-state index is 12.4. The normalized spacial score (nSPS) is 19.9. The number of carbonyl (C=O) groups excluding carboxylic acids is 2. The summed E-state index contributed by atoms with van der Waals surface area (Å²) < 4.78 is 13.0. The number of benzene rings is 1. The predicted octanol–water partition coefficient (Wildman–Crippen LogP) is 3.12. The highest BCUT2D eigenvalue weighted by Crippen LogP contribution is 2.30. The standard InChI is InChI=1S/C27H30N6O4/c28-25-24-26(33(18-29-24)23-10-9-21(17-34)37-23)31-22(30-25)8-4-7-20-11-14-32(15-12-20)27(35)36-16-13-19-5-2-1-3-6-19/h1-3,5-6,17-18,20-21,23H,7,9-16H2,(H2,28,30,31). The summed E-state index contributed by atoms with van der Waals surface area (Å²) in [5.41, 5.74) is 8.30. The average Bonchev–Trinajstić information content (AvgIpc) is 3.57. The number of amides is 1. The van der Waals surface area contributed by atoms with Crippen LogP contribution in [0.3, 0.4) is 0 Å². The molecule has 2 aliphatic heterocycles. The topological polar surface area (TPSA) is 125 Å². The summed E-state index contributed by atoms with van der Waals surface area (Å²) in [5.74, 6) is 7.20. The highest BCUT2D eigenvalue weighted by atomic mass is 16.6. The van der Waals surface area contributed by atoms with Crippen LogP contribution >= 0.6 is 0 Å². The van der Waals surface area contributed by atoms with Gasteiger partial charge in [0.05, 0.1) is 12.9 Å². The Hall–Kier alpha value is -3.97. The van der Waals surface area contributed by atoms with Gasteiger partial charge in [0.15, 0.2) is 11.5 Å². The van der Waals surface area contributed by atoms with E-state index in [1.807, 2.05) is 30.3 Å². The lowest BCUT2D eigenvalue weighted by atomic mass is 9.94. The number of nitrogens with zero attached hydrogens (tertiary/aromatic N) is 5. The van der Waals surface area contributed by atoms with Crippen molar-refractivity contribution in [1.82, 2.24) is 24.4 Å². The van der Waals surface area contributed by atoms with Crippen molar-refractivity contribution in [2.45, 2.75) is 50.9 Å². The fraction of sp³-hybridized carbons (Fsp3) is 0.444. The Kier molecular flexibility index (Phi) is 7.61. The zero-order chi connectivity index (χ0) is 25.6. The van der Waals surface area contributed by atoms with E-state index in [0.717, 1.165) is 24.7 Å². The number of piperidine rings is 1. The van der Waals surface area contributed by atoms with Crippen molar-refractivity contribution >= 4 is 29.4 Å². The van der Waals surface area contributed by atoms with E-state index in [4.69, 9.17) is 15.2 Å². The molecule has 10 nitrogen and oxygen atoms in total. The molecule has 2 N–H and O–H groups in total. The fourth-order valence-corrected chi connectivity index (χ4v) is 4.74. The van der Waals surface area contributed by atoms with Crippen LogP contribution in [0.4, 0.5) is 10.6 Å². The third-order valence-electron chi connectivity index (χ3n) is 6.86. The second-order valence-corrected chi connectivity index (χ2v) is 9.39. The number of anilines is 1. The Morgan fingerprint density at radius 2 is 1.97 bits per heavy atom. The maximum atomic E-state index is 12.4. The van der Waals surface area contributed by atoms with Gasteiger partial charge in [0.25, 0.3) is 0 Å². The molecule has 192 valence electrons. The Bertz CT molecular complexity index is 1310. The van der Waals surface area contributed by atoms with Crippen LogP contribution in [0.1, 0.15) is 49.7 Å². The van der Waals surface area contributed by atoms with E-state index in [0.29, 0.717) is 68.3 Å². The van der Waals surface area contributed by atoms with Gasteiger partial charge in [-0.1, -0.05) is 36.3 Å². The monoisotopic (exact) mass is 502 g/mol. The van der Waals surface area contributed by atoms with Crippen LogP contribution in [0.2, 0.25) is 0 Å². The highest BCUT2D eigenvalue weighted by Gasteiger charge is 2.28. The van der Waals surface area contributed by atoms with Crippen molar-refractivity contribution in [1.29, 1.82) is 0 Å². The van der Waals surface area contributed by atoms with Crippen LogP contribution in [0.5, 0.6) is 0 Å². The van der Waals surface area contributed by atoms with Crippen molar-refractivity contribution in [3.05, 3.63) is 48.0 Å². The molecule has 3 aromatic rings. The van der Waals surface area contributed by atoms with Crippen LogP contribution < -0.4 is 5.73 Å². The molecule has 0 saturated carbocycles. The molecule has 2 aromatic heterocycles. The molecule has 0 aliphatic carbocycles. The van der Waals surface area contributed by atoms with Gasteiger partial charge in [-0.25, -0.2) is 19.7 Å². The molecule has 0 bridgehead atoms. The molecular formula is C27H30N6O4. The summed E-state index contributed by atoms with van der Waals surface area (Å²) in [6.07, 6.45) is 5.94. The molecule has 1 amide bonds. The lowest BCUT2D eigenvalue weighted by molar-refractivity contribution is -0.119. The number of likely N-dealkylation sites (tertiary alicyclic amines) is 1. The van der Waals surface area contributed by atoms with Gasteiger partial charge in [-0.05, 0) is 43.1 Å². The summed E-state index contributed by atoms with van der Waals surface area (Å²) in [6.45, 7) is 1.70. The van der Waals surface area contributed by atoms with E-state index in [9.17, 15) is 9.59 Å². The zero-order valence-electron chi connectivity index (χ0n) is 20.6. The summed E-state index contributed by atoms with van der Waals surface area (Å²) in [4.78, 5) is 38.4. The number of fused-ring (bicyclic) bond motifs is 1. The Labute approximate surface area is 215 Å². The van der Waals surface area contributed by atoms with Crippen LogP contribution in [0.15, 0.2) is 36.7 Å². The average molecular weight is 503 g/mol. The van der Waals surface area contributed by atoms with Crippen molar-refractivity contribution in [3.63, 3.8) is 0 Å². The Morgan fingerprint density at radius 3 is 2.73 bits per heavy atom. The van der Waals surface area contributed by atoms with E-state index in [2.05, 4.69) is 26.8 Å². The van der Waals surface area contributed by atoms with Crippen LogP contribution in [-0.2, 0) is 20.7 Å². The number of aldehydes is 1. The Balaban J connectivity index is 1.12. The van der Waals surface area contributed by atoms with Gasteiger partial charge >= 0.3 is 6.09 Å². The van der Waals surface area contributed by atoms with Gasteiger partial charge in [0, 0.05) is 25.9 Å². The number of ether oxygens (including phenoxy) is 2. The Morgan fingerprint density at radius 1 is 1.16 bits per heavy atom. The molecule has 10 heteroatoms. The molecular weight excluding hydrogens is 472 g/mol. The molecule has 4 heterocycles. The van der Waals surface area contributed by atoms with E-state index >= 15 is 0 Å². The number of hydrogen-bond acceptors (Lipinski definition) is 8. The van der Waals surface area contributed by atoms with Gasteiger partial charge in [0.2, 0.25) is 5.82 Å². The number of nitrogens with two attached hydrogens (primary N) is 1. The number of nitrogen functional groups attached to an aromatic ring is 1. The first-order valence-corrected chi connectivity index (χ1v) is 12.7. The van der Waals surface area contributed by atoms with Crippen LogP contribution in [-0.4, -0.2) is 62.6 Å². The van der Waals surface area contributed by atoms with Gasteiger partial charge in [-0.2, -0.15) is 0 Å². The third kappa shape index (κ3) is 5.89. The molecule has 1 aromatic carbocycles. The molecule has 2 aliphatic rings. The molecule has 2 fully saturated rings. The minimum Gasteiger partial charge on any atom is -0.449 e. The first-order chi connectivity index (χ1) is 18.1. The predicted molar refractivity (Wildman–Crippen MR) is 136 cm³/mol. The smallest absolute Gasteiger partial charge is 0.409 e. The fourth-order valence-electron chi connectivity index (χ4n) is 4.74. The van der Waals surface area contributed by atoms with Gasteiger partial charge in [-0.3, -0.25) is 4.57 Å². The van der Waals surface area contributed by atoms with Gasteiger partial charge in [0.1, 0.15) is 24.1 Å².